The predicted octanol–water partition coefficient (Wildman–Crippen LogP) is 3.44. The topological polar surface area (TPSA) is 38.8 Å². The highest BCUT2D eigenvalue weighted by atomic mass is 16.5. The number of piperidine rings is 1. The summed E-state index contributed by atoms with van der Waals surface area (Å²) in [6.07, 6.45) is 5.98. The first kappa shape index (κ1) is 18.4. The molecule has 0 radical (unpaired) electrons. The van der Waals surface area contributed by atoms with Gasteiger partial charge in [-0.15, -0.1) is 0 Å². The van der Waals surface area contributed by atoms with Gasteiger partial charge in [-0.2, -0.15) is 0 Å². The van der Waals surface area contributed by atoms with Crippen LogP contribution >= 0.6 is 0 Å². The number of aryl methyl sites for hydroxylation is 1. The number of likely N-dealkylation sites (tertiary alicyclic amines) is 1. The van der Waals surface area contributed by atoms with Crippen LogP contribution in [-0.4, -0.2) is 49.8 Å². The average molecular weight is 345 g/mol. The van der Waals surface area contributed by atoms with Crippen molar-refractivity contribution >= 4 is 5.97 Å². The van der Waals surface area contributed by atoms with Crippen LogP contribution in [0.5, 0.6) is 0 Å². The summed E-state index contributed by atoms with van der Waals surface area (Å²) in [5, 5.41) is 0. The molecule has 1 aromatic carbocycles. The molecule has 0 aromatic heterocycles. The fourth-order valence-electron chi connectivity index (χ4n) is 4.31. The van der Waals surface area contributed by atoms with E-state index in [1.165, 1.54) is 5.56 Å². The van der Waals surface area contributed by atoms with Crippen LogP contribution in [0.2, 0.25) is 0 Å². The molecule has 2 heterocycles. The lowest BCUT2D eigenvalue weighted by atomic mass is 9.74. The number of nitrogens with zero attached hydrogens (tertiary/aromatic N) is 1. The van der Waals surface area contributed by atoms with E-state index >= 15 is 0 Å². The first-order valence-corrected chi connectivity index (χ1v) is 9.76. The molecular weight excluding hydrogens is 314 g/mol. The summed E-state index contributed by atoms with van der Waals surface area (Å²) in [6, 6.07) is 11.0. The molecule has 1 atom stereocenters. The molecule has 4 heteroatoms. The summed E-state index contributed by atoms with van der Waals surface area (Å²) in [6.45, 7) is 5.99. The molecule has 0 aliphatic carbocycles. The van der Waals surface area contributed by atoms with Crippen molar-refractivity contribution in [2.75, 3.05) is 32.9 Å². The summed E-state index contributed by atoms with van der Waals surface area (Å²) >= 11 is 0. The van der Waals surface area contributed by atoms with Crippen molar-refractivity contribution in [3.63, 3.8) is 0 Å². The molecule has 2 aliphatic heterocycles. The van der Waals surface area contributed by atoms with Crippen LogP contribution in [0.3, 0.4) is 0 Å². The zero-order valence-electron chi connectivity index (χ0n) is 15.4. The summed E-state index contributed by atoms with van der Waals surface area (Å²) in [7, 11) is 0. The van der Waals surface area contributed by atoms with E-state index in [2.05, 4.69) is 29.2 Å². The zero-order chi connectivity index (χ0) is 17.5. The quantitative estimate of drug-likeness (QED) is 0.740. The Kier molecular flexibility index (Phi) is 6.49. The van der Waals surface area contributed by atoms with E-state index in [0.29, 0.717) is 12.6 Å². The highest BCUT2D eigenvalue weighted by molar-refractivity contribution is 5.77. The lowest BCUT2D eigenvalue weighted by Gasteiger charge is -2.45. The van der Waals surface area contributed by atoms with Gasteiger partial charge < -0.3 is 9.47 Å². The van der Waals surface area contributed by atoms with Gasteiger partial charge >= 0.3 is 5.97 Å². The van der Waals surface area contributed by atoms with E-state index in [0.717, 1.165) is 64.8 Å². The molecule has 0 amide bonds. The molecule has 0 bridgehead atoms. The Balaban J connectivity index is 1.72. The van der Waals surface area contributed by atoms with Crippen molar-refractivity contribution in [3.8, 4) is 0 Å². The molecule has 2 fully saturated rings. The van der Waals surface area contributed by atoms with Crippen molar-refractivity contribution in [3.05, 3.63) is 35.9 Å². The molecule has 138 valence electrons. The first-order chi connectivity index (χ1) is 12.2. The van der Waals surface area contributed by atoms with Gasteiger partial charge in [0.2, 0.25) is 0 Å². The molecule has 0 N–H and O–H groups in total. The van der Waals surface area contributed by atoms with E-state index in [9.17, 15) is 4.79 Å². The van der Waals surface area contributed by atoms with E-state index in [-0.39, 0.29) is 11.4 Å². The van der Waals surface area contributed by atoms with Crippen LogP contribution in [0.1, 0.15) is 44.6 Å². The minimum absolute atomic E-state index is 0.00249. The highest BCUT2D eigenvalue weighted by Crippen LogP contribution is 2.38. The smallest absolute Gasteiger partial charge is 0.313 e. The lowest BCUT2D eigenvalue weighted by molar-refractivity contribution is -0.161. The largest absolute Gasteiger partial charge is 0.466 e. The number of hydrogen-bond acceptors (Lipinski definition) is 4. The van der Waals surface area contributed by atoms with Crippen molar-refractivity contribution < 1.29 is 14.3 Å². The molecule has 2 saturated heterocycles. The van der Waals surface area contributed by atoms with Crippen LogP contribution in [-0.2, 0) is 20.7 Å². The van der Waals surface area contributed by atoms with Crippen LogP contribution < -0.4 is 0 Å². The van der Waals surface area contributed by atoms with Crippen molar-refractivity contribution in [2.24, 2.45) is 5.41 Å². The highest BCUT2D eigenvalue weighted by Gasteiger charge is 2.44. The van der Waals surface area contributed by atoms with E-state index in [1.54, 1.807) is 0 Å². The Hall–Kier alpha value is -1.39. The standard InChI is InChI=1S/C21H31NO3/c1-2-25-20(23)21(13-9-18-7-4-3-5-8-18)12-6-14-22(17-21)19-10-15-24-16-11-19/h3-5,7-8,19H,2,6,9-17H2,1H3. The molecule has 1 aromatic rings. The van der Waals surface area contributed by atoms with Gasteiger partial charge in [0.05, 0.1) is 12.0 Å². The second kappa shape index (κ2) is 8.81. The van der Waals surface area contributed by atoms with Gasteiger partial charge in [-0.3, -0.25) is 9.69 Å². The van der Waals surface area contributed by atoms with Gasteiger partial charge in [0.15, 0.2) is 0 Å². The second-order valence-corrected chi connectivity index (χ2v) is 7.40. The molecule has 0 saturated carbocycles. The summed E-state index contributed by atoms with van der Waals surface area (Å²) in [5.74, 6) is 0.00249. The second-order valence-electron chi connectivity index (χ2n) is 7.40. The first-order valence-electron chi connectivity index (χ1n) is 9.76. The van der Waals surface area contributed by atoms with Gasteiger partial charge in [-0.25, -0.2) is 0 Å². The maximum atomic E-state index is 12.9. The molecule has 25 heavy (non-hydrogen) atoms. The van der Waals surface area contributed by atoms with Crippen molar-refractivity contribution in [2.45, 2.75) is 51.5 Å². The third-order valence-electron chi connectivity index (χ3n) is 5.76. The average Bonchev–Trinajstić information content (AvgIpc) is 2.68. The summed E-state index contributed by atoms with van der Waals surface area (Å²) in [5.41, 5.74) is 0.942. The molecule has 1 unspecified atom stereocenters. The van der Waals surface area contributed by atoms with Crippen molar-refractivity contribution in [1.82, 2.24) is 4.90 Å². The number of esters is 1. The van der Waals surface area contributed by atoms with Gasteiger partial charge in [0, 0.05) is 25.8 Å². The van der Waals surface area contributed by atoms with E-state index < -0.39 is 0 Å². The maximum absolute atomic E-state index is 12.9. The third-order valence-corrected chi connectivity index (χ3v) is 5.76. The predicted molar refractivity (Wildman–Crippen MR) is 98.5 cm³/mol. The Morgan fingerprint density at radius 3 is 2.76 bits per heavy atom. The van der Waals surface area contributed by atoms with Crippen LogP contribution in [0, 0.1) is 5.41 Å². The minimum Gasteiger partial charge on any atom is -0.466 e. The summed E-state index contributed by atoms with van der Waals surface area (Å²) in [4.78, 5) is 15.4. The molecule has 3 rings (SSSR count). The number of benzene rings is 1. The molecular formula is C21H31NO3. The Labute approximate surface area is 151 Å². The van der Waals surface area contributed by atoms with Gasteiger partial charge in [0.25, 0.3) is 0 Å². The number of carbonyl (C=O) groups excluding carboxylic acids is 1. The number of rotatable bonds is 6. The maximum Gasteiger partial charge on any atom is 0.313 e. The van der Waals surface area contributed by atoms with Crippen molar-refractivity contribution in [1.29, 1.82) is 0 Å². The van der Waals surface area contributed by atoms with Crippen LogP contribution in [0.15, 0.2) is 30.3 Å². The Bertz CT molecular complexity index is 541. The van der Waals surface area contributed by atoms with E-state index in [1.807, 2.05) is 13.0 Å². The molecule has 2 aliphatic rings. The number of hydrogen-bond donors (Lipinski definition) is 0. The molecule has 4 nitrogen and oxygen atoms in total. The Morgan fingerprint density at radius 2 is 2.04 bits per heavy atom. The van der Waals surface area contributed by atoms with Crippen LogP contribution in [0.25, 0.3) is 0 Å². The number of carbonyl (C=O) groups is 1. The van der Waals surface area contributed by atoms with Crippen LogP contribution in [0.4, 0.5) is 0 Å². The fraction of sp³-hybridized carbons (Fsp3) is 0.667. The van der Waals surface area contributed by atoms with Gasteiger partial charge in [-0.1, -0.05) is 30.3 Å². The SMILES string of the molecule is CCOC(=O)C1(CCc2ccccc2)CCCN(C2CCOCC2)C1. The normalized spacial score (nSPS) is 25.6. The number of ether oxygens (including phenoxy) is 2. The monoisotopic (exact) mass is 345 g/mol. The Morgan fingerprint density at radius 1 is 1.28 bits per heavy atom. The lowest BCUT2D eigenvalue weighted by Crippen LogP contribution is -2.53. The fourth-order valence-corrected chi connectivity index (χ4v) is 4.31. The van der Waals surface area contributed by atoms with Gasteiger partial charge in [0.1, 0.15) is 0 Å². The third kappa shape index (κ3) is 4.62. The van der Waals surface area contributed by atoms with E-state index in [4.69, 9.17) is 9.47 Å². The zero-order valence-corrected chi connectivity index (χ0v) is 15.4. The minimum atomic E-state index is -0.359. The van der Waals surface area contributed by atoms with Gasteiger partial charge in [-0.05, 0) is 57.6 Å². The molecule has 0 spiro atoms. The summed E-state index contributed by atoms with van der Waals surface area (Å²) < 4.78 is 11.0.